The van der Waals surface area contributed by atoms with E-state index in [1.165, 1.54) is 0 Å². The Balaban J connectivity index is 1.64. The van der Waals surface area contributed by atoms with Gasteiger partial charge in [-0.2, -0.15) is 0 Å². The first-order valence-electron chi connectivity index (χ1n) is 9.12. The van der Waals surface area contributed by atoms with Crippen LogP contribution in [0, 0.1) is 11.3 Å². The molecule has 4 rings (SSSR count). The molecule has 1 aromatic carbocycles. The lowest BCUT2D eigenvalue weighted by molar-refractivity contribution is -0.121. The van der Waals surface area contributed by atoms with Gasteiger partial charge in [-0.05, 0) is 56.2 Å². The summed E-state index contributed by atoms with van der Waals surface area (Å²) in [4.78, 5) is 18.9. The Morgan fingerprint density at radius 2 is 2.15 bits per heavy atom. The van der Waals surface area contributed by atoms with Crippen molar-refractivity contribution < 1.29 is 14.3 Å². The van der Waals surface area contributed by atoms with E-state index < -0.39 is 0 Å². The van der Waals surface area contributed by atoms with Crippen LogP contribution in [0.15, 0.2) is 24.4 Å². The summed E-state index contributed by atoms with van der Waals surface area (Å²) in [5.41, 5.74) is 2.48. The van der Waals surface area contributed by atoms with Crippen LogP contribution in [0.5, 0.6) is 11.5 Å². The monoisotopic (exact) mass is 353 g/mol. The molecule has 1 fully saturated rings. The molecule has 1 amide bonds. The second-order valence-electron chi connectivity index (χ2n) is 7.02. The first-order chi connectivity index (χ1) is 12.7. The van der Waals surface area contributed by atoms with Crippen molar-refractivity contribution in [2.45, 2.75) is 32.1 Å². The van der Waals surface area contributed by atoms with E-state index in [4.69, 9.17) is 14.9 Å². The molecule has 1 aliphatic carbocycles. The summed E-state index contributed by atoms with van der Waals surface area (Å²) in [5, 5.41) is 8.64. The minimum Gasteiger partial charge on any atom is -0.497 e. The van der Waals surface area contributed by atoms with Crippen LogP contribution in [0.4, 0.5) is 5.69 Å². The zero-order valence-corrected chi connectivity index (χ0v) is 15.0. The highest BCUT2D eigenvalue weighted by Crippen LogP contribution is 2.39. The Kier molecular flexibility index (Phi) is 4.49. The number of ether oxygens (including phenoxy) is 2. The van der Waals surface area contributed by atoms with Crippen LogP contribution in [-0.4, -0.2) is 36.9 Å². The maximum Gasteiger partial charge on any atom is 0.265 e. The summed E-state index contributed by atoms with van der Waals surface area (Å²) >= 11 is 0. The highest BCUT2D eigenvalue weighted by molar-refractivity contribution is 6.07. The van der Waals surface area contributed by atoms with Gasteiger partial charge in [0.15, 0.2) is 12.4 Å². The lowest BCUT2D eigenvalue weighted by atomic mass is 9.85. The first-order valence-corrected chi connectivity index (χ1v) is 9.12. The summed E-state index contributed by atoms with van der Waals surface area (Å²) < 4.78 is 11.0. The van der Waals surface area contributed by atoms with Crippen LogP contribution < -0.4 is 14.4 Å². The van der Waals surface area contributed by atoms with Crippen molar-refractivity contribution >= 4 is 28.2 Å². The van der Waals surface area contributed by atoms with E-state index in [1.807, 2.05) is 23.1 Å². The van der Waals surface area contributed by atoms with Crippen molar-refractivity contribution in [1.82, 2.24) is 4.98 Å². The zero-order chi connectivity index (χ0) is 18.1. The van der Waals surface area contributed by atoms with E-state index in [0.717, 1.165) is 60.2 Å². The molecular weight excluding hydrogens is 330 g/mol. The second kappa shape index (κ2) is 6.94. The van der Waals surface area contributed by atoms with E-state index >= 15 is 0 Å². The number of amides is 1. The molecule has 2 aliphatic rings. The molecule has 0 radical (unpaired) electrons. The number of nitrogens with zero attached hydrogens (tertiary/aromatic N) is 2. The summed E-state index contributed by atoms with van der Waals surface area (Å²) in [6.07, 6.45) is 6.53. The normalized spacial score (nSPS) is 20.0. The Morgan fingerprint density at radius 3 is 2.92 bits per heavy atom. The van der Waals surface area contributed by atoms with Crippen molar-refractivity contribution in [2.24, 2.45) is 5.92 Å². The van der Waals surface area contributed by atoms with Gasteiger partial charge in [0.05, 0.1) is 24.5 Å². The Labute approximate surface area is 152 Å². The quantitative estimate of drug-likeness (QED) is 0.912. The second-order valence-corrected chi connectivity index (χ2v) is 7.02. The van der Waals surface area contributed by atoms with E-state index in [9.17, 15) is 4.79 Å². The average molecular weight is 353 g/mol. The standard InChI is InChI=1S/C20H23N3O3/c1-25-15-6-7-17-16(10-15)20-18(11-22-17)26-12-19(24)23(20)9-8-13-2-4-14(21)5-3-13/h6-7,10-11,13,21H,2-5,8-9,12H2,1H3. The van der Waals surface area contributed by atoms with Crippen LogP contribution in [0.3, 0.4) is 0 Å². The zero-order valence-electron chi connectivity index (χ0n) is 15.0. The minimum absolute atomic E-state index is 0.0172. The van der Waals surface area contributed by atoms with Gasteiger partial charge in [0, 0.05) is 17.6 Å². The number of hydrogen-bond acceptors (Lipinski definition) is 5. The number of pyridine rings is 1. The molecule has 0 unspecified atom stereocenters. The highest BCUT2D eigenvalue weighted by atomic mass is 16.5. The van der Waals surface area contributed by atoms with Gasteiger partial charge in [-0.15, -0.1) is 0 Å². The van der Waals surface area contributed by atoms with Gasteiger partial charge < -0.3 is 19.8 Å². The largest absolute Gasteiger partial charge is 0.497 e. The summed E-state index contributed by atoms with van der Waals surface area (Å²) in [6.45, 7) is 0.725. The van der Waals surface area contributed by atoms with Crippen LogP contribution in [0.25, 0.3) is 10.9 Å². The van der Waals surface area contributed by atoms with Crippen molar-refractivity contribution in [2.75, 3.05) is 25.2 Å². The Morgan fingerprint density at radius 1 is 1.35 bits per heavy atom. The Hall–Kier alpha value is -2.63. The fraction of sp³-hybridized carbons (Fsp3) is 0.450. The third-order valence-electron chi connectivity index (χ3n) is 5.40. The molecule has 0 saturated heterocycles. The number of aromatic nitrogens is 1. The number of fused-ring (bicyclic) bond motifs is 3. The number of rotatable bonds is 4. The third-order valence-corrected chi connectivity index (χ3v) is 5.40. The van der Waals surface area contributed by atoms with Crippen LogP contribution in [0.1, 0.15) is 32.1 Å². The number of carbonyl (C=O) groups is 1. The van der Waals surface area contributed by atoms with Crippen molar-refractivity contribution in [3.8, 4) is 11.5 Å². The smallest absolute Gasteiger partial charge is 0.265 e. The van der Waals surface area contributed by atoms with E-state index in [0.29, 0.717) is 18.2 Å². The molecule has 0 bridgehead atoms. The van der Waals surface area contributed by atoms with Crippen molar-refractivity contribution in [3.63, 3.8) is 0 Å². The van der Waals surface area contributed by atoms with Gasteiger partial charge in [0.25, 0.3) is 5.91 Å². The Bertz CT molecular complexity index is 849. The maximum absolute atomic E-state index is 12.6. The number of nitrogens with one attached hydrogen (secondary N) is 1. The number of anilines is 1. The van der Waals surface area contributed by atoms with Gasteiger partial charge in [-0.25, -0.2) is 0 Å². The van der Waals surface area contributed by atoms with Crippen LogP contribution >= 0.6 is 0 Å². The first kappa shape index (κ1) is 16.8. The summed E-state index contributed by atoms with van der Waals surface area (Å²) in [5.74, 6) is 1.94. The van der Waals surface area contributed by atoms with Crippen LogP contribution in [-0.2, 0) is 4.79 Å². The number of hydrogen-bond donors (Lipinski definition) is 1. The fourth-order valence-corrected chi connectivity index (χ4v) is 3.86. The average Bonchev–Trinajstić information content (AvgIpc) is 2.67. The van der Waals surface area contributed by atoms with Gasteiger partial charge in [0.2, 0.25) is 0 Å². The molecule has 136 valence electrons. The minimum atomic E-state index is -0.0172. The molecule has 0 atom stereocenters. The number of methoxy groups -OCH3 is 1. The van der Waals surface area contributed by atoms with Gasteiger partial charge in [-0.1, -0.05) is 0 Å². The predicted octanol–water partition coefficient (Wildman–Crippen LogP) is 3.57. The predicted molar refractivity (Wildman–Crippen MR) is 100 cm³/mol. The van der Waals surface area contributed by atoms with Gasteiger partial charge in [0.1, 0.15) is 5.75 Å². The van der Waals surface area contributed by atoms with Crippen molar-refractivity contribution in [1.29, 1.82) is 5.41 Å². The summed E-state index contributed by atoms with van der Waals surface area (Å²) in [6, 6.07) is 5.69. The SMILES string of the molecule is COc1ccc2ncc3c(c2c1)N(CCC1CCC(=N)CC1)C(=O)CO3. The van der Waals surface area contributed by atoms with Gasteiger partial charge in [-0.3, -0.25) is 9.78 Å². The lowest BCUT2D eigenvalue weighted by Gasteiger charge is -2.32. The fourth-order valence-electron chi connectivity index (χ4n) is 3.86. The van der Waals surface area contributed by atoms with E-state index in [2.05, 4.69) is 4.98 Å². The van der Waals surface area contributed by atoms with E-state index in [-0.39, 0.29) is 12.5 Å². The van der Waals surface area contributed by atoms with Gasteiger partial charge >= 0.3 is 0 Å². The molecule has 1 aromatic heterocycles. The topological polar surface area (TPSA) is 75.5 Å². The number of carbonyl (C=O) groups excluding carboxylic acids is 1. The van der Waals surface area contributed by atoms with Crippen molar-refractivity contribution in [3.05, 3.63) is 24.4 Å². The molecule has 6 nitrogen and oxygen atoms in total. The van der Waals surface area contributed by atoms with E-state index in [1.54, 1.807) is 13.3 Å². The van der Waals surface area contributed by atoms with Crippen LogP contribution in [0.2, 0.25) is 0 Å². The number of benzene rings is 1. The molecule has 0 spiro atoms. The lowest BCUT2D eigenvalue weighted by Crippen LogP contribution is -2.40. The molecule has 1 N–H and O–H groups in total. The highest BCUT2D eigenvalue weighted by Gasteiger charge is 2.29. The molecule has 6 heteroatoms. The maximum atomic E-state index is 12.6. The third kappa shape index (κ3) is 3.11. The molecular formula is C20H23N3O3. The molecule has 26 heavy (non-hydrogen) atoms. The summed E-state index contributed by atoms with van der Waals surface area (Å²) in [7, 11) is 1.63. The molecule has 1 saturated carbocycles. The molecule has 2 heterocycles. The molecule has 1 aliphatic heterocycles. The molecule has 2 aromatic rings.